The van der Waals surface area contributed by atoms with Crippen LogP contribution in [0.3, 0.4) is 0 Å². The Balaban J connectivity index is 2.16. The third-order valence-corrected chi connectivity index (χ3v) is 4.94. The molecule has 0 saturated carbocycles. The summed E-state index contributed by atoms with van der Waals surface area (Å²) in [5.74, 6) is -2.88. The van der Waals surface area contributed by atoms with Gasteiger partial charge in [-0.2, -0.15) is 0 Å². The molecule has 1 aliphatic rings. The second-order valence-electron chi connectivity index (χ2n) is 7.24. The van der Waals surface area contributed by atoms with Crippen LogP contribution in [0.25, 0.3) is 5.76 Å². The van der Waals surface area contributed by atoms with Gasteiger partial charge in [-0.15, -0.1) is 0 Å². The molecule has 1 atom stereocenters. The summed E-state index contributed by atoms with van der Waals surface area (Å²) in [5.41, 5.74) is 0.349. The summed E-state index contributed by atoms with van der Waals surface area (Å²) in [4.78, 5) is 28.8. The topological polar surface area (TPSA) is 90.3 Å². The number of amides is 1. The lowest BCUT2D eigenvalue weighted by Gasteiger charge is -2.26. The van der Waals surface area contributed by atoms with E-state index in [0.29, 0.717) is 12.1 Å². The fraction of sp³-hybridized carbons (Fsp3) is 0.273. The van der Waals surface area contributed by atoms with Gasteiger partial charge in [-0.05, 0) is 50.0 Å². The number of methoxy groups -OCH3 is 1. The van der Waals surface area contributed by atoms with E-state index in [9.17, 15) is 24.2 Å². The van der Waals surface area contributed by atoms with E-state index in [-0.39, 0.29) is 29.2 Å². The minimum Gasteiger partial charge on any atom is -0.508 e. The van der Waals surface area contributed by atoms with Crippen LogP contribution in [0, 0.1) is 5.82 Å². The molecule has 2 aromatic rings. The summed E-state index contributed by atoms with van der Waals surface area (Å²) in [7, 11) is 4.98. The molecule has 8 heteroatoms. The molecule has 1 aliphatic heterocycles. The lowest BCUT2D eigenvalue weighted by atomic mass is 9.95. The molecule has 1 unspecified atom stereocenters. The predicted molar refractivity (Wildman–Crippen MR) is 109 cm³/mol. The highest BCUT2D eigenvalue weighted by atomic mass is 19.1. The molecule has 158 valence electrons. The number of aliphatic hydroxyl groups is 1. The molecule has 0 bridgehead atoms. The molecule has 0 spiro atoms. The van der Waals surface area contributed by atoms with Crippen LogP contribution < -0.4 is 4.74 Å². The quantitative estimate of drug-likeness (QED) is 0.429. The highest BCUT2D eigenvalue weighted by Crippen LogP contribution is 2.40. The third kappa shape index (κ3) is 3.99. The Morgan fingerprint density at radius 3 is 2.53 bits per heavy atom. The van der Waals surface area contributed by atoms with E-state index in [2.05, 4.69) is 0 Å². The van der Waals surface area contributed by atoms with Crippen LogP contribution >= 0.6 is 0 Å². The largest absolute Gasteiger partial charge is 0.508 e. The van der Waals surface area contributed by atoms with Crippen molar-refractivity contribution < 1.29 is 28.9 Å². The standard InChI is InChI=1S/C22H23FN2O5/c1-24(2)9-10-25-19(13-5-4-6-15(26)11-13)18(21(28)22(25)29)20(27)14-7-8-17(30-3)16(23)12-14/h4-8,11-12,19,26-27H,9-10H2,1-3H3. The number of likely N-dealkylation sites (N-methyl/N-ethyl adjacent to an activating group) is 1. The molecule has 1 heterocycles. The first kappa shape index (κ1) is 21.3. The minimum atomic E-state index is -0.915. The van der Waals surface area contributed by atoms with E-state index in [0.717, 1.165) is 6.07 Å². The second kappa shape index (κ2) is 8.54. The van der Waals surface area contributed by atoms with Crippen LogP contribution in [-0.4, -0.2) is 66.0 Å². The zero-order valence-corrected chi connectivity index (χ0v) is 16.9. The van der Waals surface area contributed by atoms with Crippen LogP contribution in [0.5, 0.6) is 11.5 Å². The smallest absolute Gasteiger partial charge is 0.295 e. The number of rotatable bonds is 6. The van der Waals surface area contributed by atoms with E-state index in [1.54, 1.807) is 12.1 Å². The molecule has 2 N–H and O–H groups in total. The number of aliphatic hydroxyl groups excluding tert-OH is 1. The molecule has 0 radical (unpaired) electrons. The van der Waals surface area contributed by atoms with Gasteiger partial charge in [0.2, 0.25) is 0 Å². The van der Waals surface area contributed by atoms with Gasteiger partial charge in [0.25, 0.3) is 11.7 Å². The summed E-state index contributed by atoms with van der Waals surface area (Å²) >= 11 is 0. The molecule has 7 nitrogen and oxygen atoms in total. The zero-order chi connectivity index (χ0) is 22.0. The van der Waals surface area contributed by atoms with E-state index in [1.807, 2.05) is 19.0 Å². The van der Waals surface area contributed by atoms with Gasteiger partial charge in [0.05, 0.1) is 18.7 Å². The summed E-state index contributed by atoms with van der Waals surface area (Å²) in [5, 5.41) is 20.8. The van der Waals surface area contributed by atoms with Gasteiger partial charge in [-0.1, -0.05) is 12.1 Å². The molecule has 1 saturated heterocycles. The maximum Gasteiger partial charge on any atom is 0.295 e. The summed E-state index contributed by atoms with van der Waals surface area (Å²) in [6.45, 7) is 0.713. The number of hydrogen-bond acceptors (Lipinski definition) is 6. The Morgan fingerprint density at radius 1 is 1.20 bits per heavy atom. The van der Waals surface area contributed by atoms with Crippen molar-refractivity contribution in [2.24, 2.45) is 0 Å². The average Bonchev–Trinajstić information content (AvgIpc) is 2.96. The maximum absolute atomic E-state index is 14.2. The number of halogens is 1. The SMILES string of the molecule is COc1ccc(C(O)=C2C(=O)C(=O)N(CCN(C)C)C2c2cccc(O)c2)cc1F. The number of hydrogen-bond donors (Lipinski definition) is 2. The Hall–Kier alpha value is -3.39. The molecular formula is C22H23FN2O5. The van der Waals surface area contributed by atoms with Crippen molar-refractivity contribution >= 4 is 17.4 Å². The molecule has 1 fully saturated rings. The van der Waals surface area contributed by atoms with E-state index >= 15 is 0 Å². The first-order valence-corrected chi connectivity index (χ1v) is 9.30. The fourth-order valence-electron chi connectivity index (χ4n) is 3.43. The molecule has 2 aromatic carbocycles. The van der Waals surface area contributed by atoms with Gasteiger partial charge in [-0.25, -0.2) is 4.39 Å². The van der Waals surface area contributed by atoms with Gasteiger partial charge in [-0.3, -0.25) is 9.59 Å². The molecule has 3 rings (SSSR count). The Labute approximate surface area is 173 Å². The van der Waals surface area contributed by atoms with Crippen LogP contribution in [0.1, 0.15) is 17.2 Å². The number of likely N-dealkylation sites (tertiary alicyclic amines) is 1. The fourth-order valence-corrected chi connectivity index (χ4v) is 3.43. The van der Waals surface area contributed by atoms with Gasteiger partial charge in [0.15, 0.2) is 11.6 Å². The van der Waals surface area contributed by atoms with Gasteiger partial charge in [0, 0.05) is 18.7 Å². The number of Topliss-reactive ketones (excluding diaryl/α,β-unsaturated/α-hetero) is 1. The number of ether oxygens (including phenoxy) is 1. The van der Waals surface area contributed by atoms with E-state index in [4.69, 9.17) is 4.74 Å². The predicted octanol–water partition coefficient (Wildman–Crippen LogP) is 2.52. The molecule has 0 aliphatic carbocycles. The van der Waals surface area contributed by atoms with Crippen LogP contribution in [0.2, 0.25) is 0 Å². The van der Waals surface area contributed by atoms with E-state index in [1.165, 1.54) is 36.3 Å². The highest BCUT2D eigenvalue weighted by Gasteiger charge is 2.46. The second-order valence-corrected chi connectivity index (χ2v) is 7.24. The molecule has 1 amide bonds. The zero-order valence-electron chi connectivity index (χ0n) is 16.9. The number of ketones is 1. The minimum absolute atomic E-state index is 0.0116. The third-order valence-electron chi connectivity index (χ3n) is 4.94. The van der Waals surface area contributed by atoms with E-state index < -0.39 is 29.3 Å². The van der Waals surface area contributed by atoms with Crippen molar-refractivity contribution in [1.29, 1.82) is 0 Å². The first-order chi connectivity index (χ1) is 14.2. The number of aromatic hydroxyl groups is 1. The van der Waals surface area contributed by atoms with Gasteiger partial charge in [0.1, 0.15) is 11.5 Å². The van der Waals surface area contributed by atoms with Crippen molar-refractivity contribution in [3.05, 3.63) is 65.0 Å². The Morgan fingerprint density at radius 2 is 1.93 bits per heavy atom. The number of phenols is 1. The van der Waals surface area contributed by atoms with Crippen molar-refractivity contribution in [3.8, 4) is 11.5 Å². The lowest BCUT2D eigenvalue weighted by Crippen LogP contribution is -2.35. The first-order valence-electron chi connectivity index (χ1n) is 9.30. The highest BCUT2D eigenvalue weighted by molar-refractivity contribution is 6.46. The summed E-state index contributed by atoms with van der Waals surface area (Å²) < 4.78 is 19.1. The average molecular weight is 414 g/mol. The summed E-state index contributed by atoms with van der Waals surface area (Å²) in [6, 6.07) is 9.00. The van der Waals surface area contributed by atoms with Crippen molar-refractivity contribution in [1.82, 2.24) is 9.80 Å². The normalized spacial score (nSPS) is 18.3. The molecule has 0 aromatic heterocycles. The van der Waals surface area contributed by atoms with Crippen molar-refractivity contribution in [2.75, 3.05) is 34.3 Å². The summed E-state index contributed by atoms with van der Waals surface area (Å²) in [6.07, 6.45) is 0. The van der Waals surface area contributed by atoms with Gasteiger partial charge < -0.3 is 24.7 Å². The number of carbonyl (C=O) groups excluding carboxylic acids is 2. The molecular weight excluding hydrogens is 391 g/mol. The Kier molecular flexibility index (Phi) is 6.07. The molecule has 30 heavy (non-hydrogen) atoms. The van der Waals surface area contributed by atoms with Crippen molar-refractivity contribution in [3.63, 3.8) is 0 Å². The van der Waals surface area contributed by atoms with Crippen LogP contribution in [0.4, 0.5) is 4.39 Å². The number of phenolic OH excluding ortho intramolecular Hbond substituents is 1. The monoisotopic (exact) mass is 414 g/mol. The Bertz CT molecular complexity index is 1020. The van der Waals surface area contributed by atoms with Crippen molar-refractivity contribution in [2.45, 2.75) is 6.04 Å². The van der Waals surface area contributed by atoms with Crippen LogP contribution in [-0.2, 0) is 9.59 Å². The van der Waals surface area contributed by atoms with Gasteiger partial charge >= 0.3 is 0 Å². The number of carbonyl (C=O) groups is 2. The van der Waals surface area contributed by atoms with Crippen LogP contribution in [0.15, 0.2) is 48.0 Å². The number of benzene rings is 2. The number of nitrogens with zero attached hydrogens (tertiary/aromatic N) is 2. The maximum atomic E-state index is 14.2. The lowest BCUT2D eigenvalue weighted by molar-refractivity contribution is -0.140.